The van der Waals surface area contributed by atoms with Crippen LogP contribution in [0.5, 0.6) is 5.75 Å². The normalized spacial score (nSPS) is 18.5. The molecule has 0 saturated carbocycles. The Labute approximate surface area is 176 Å². The van der Waals surface area contributed by atoms with Crippen molar-refractivity contribution in [2.24, 2.45) is 5.16 Å². The molecule has 3 rings (SSSR count). The second kappa shape index (κ2) is 10.4. The molecule has 1 saturated heterocycles. The van der Waals surface area contributed by atoms with Crippen molar-refractivity contribution in [3.8, 4) is 5.75 Å². The molecule has 0 aromatic heterocycles. The number of amidine groups is 1. The number of alkyl carbamates (subject to hydrolysis) is 1. The van der Waals surface area contributed by atoms with Crippen molar-refractivity contribution < 1.29 is 38.5 Å². The number of oxime groups is 1. The van der Waals surface area contributed by atoms with Gasteiger partial charge in [0.15, 0.2) is 5.84 Å². The van der Waals surface area contributed by atoms with Crippen LogP contribution in [0.2, 0.25) is 0 Å². The van der Waals surface area contributed by atoms with Crippen LogP contribution in [0.25, 0.3) is 0 Å². The van der Waals surface area contributed by atoms with E-state index in [9.17, 15) is 14.4 Å². The van der Waals surface area contributed by atoms with E-state index in [0.29, 0.717) is 23.8 Å². The van der Waals surface area contributed by atoms with Crippen molar-refractivity contribution >= 4 is 46.4 Å². The SMILES string of the molecule is COC(=O)Cl.COC(=O)NC[C@H]1CN(c2ccc3c(c2)OCC(=NO)N3C)C(=O)O1. The predicted octanol–water partition coefficient (Wildman–Crippen LogP) is 1.98. The third-order valence-electron chi connectivity index (χ3n) is 4.17. The molecule has 2 amide bonds. The fourth-order valence-electron chi connectivity index (χ4n) is 2.65. The summed E-state index contributed by atoms with van der Waals surface area (Å²) >= 11 is 4.60. The summed E-state index contributed by atoms with van der Waals surface area (Å²) in [6, 6.07) is 5.23. The molecule has 0 bridgehead atoms. The van der Waals surface area contributed by atoms with Gasteiger partial charge in [0.25, 0.3) is 0 Å². The number of anilines is 2. The minimum Gasteiger partial charge on any atom is -0.483 e. The summed E-state index contributed by atoms with van der Waals surface area (Å²) in [6.07, 6.45) is -1.56. The van der Waals surface area contributed by atoms with Crippen molar-refractivity contribution in [3.63, 3.8) is 0 Å². The van der Waals surface area contributed by atoms with Gasteiger partial charge in [-0.15, -0.1) is 0 Å². The van der Waals surface area contributed by atoms with Gasteiger partial charge in [-0.3, -0.25) is 4.90 Å². The van der Waals surface area contributed by atoms with Gasteiger partial charge in [0, 0.05) is 24.7 Å². The molecule has 0 spiro atoms. The number of nitrogens with one attached hydrogen (secondary N) is 1. The number of amides is 2. The van der Waals surface area contributed by atoms with Crippen LogP contribution in [0, 0.1) is 0 Å². The van der Waals surface area contributed by atoms with Gasteiger partial charge in [-0.2, -0.15) is 0 Å². The first kappa shape index (κ1) is 22.9. The van der Waals surface area contributed by atoms with Crippen molar-refractivity contribution in [1.82, 2.24) is 5.32 Å². The van der Waals surface area contributed by atoms with E-state index in [-0.39, 0.29) is 13.2 Å². The summed E-state index contributed by atoms with van der Waals surface area (Å²) in [5.41, 5.74) is 0.561. The fourth-order valence-corrected chi connectivity index (χ4v) is 2.65. The number of hydrogen-bond donors (Lipinski definition) is 2. The molecule has 2 aliphatic rings. The van der Waals surface area contributed by atoms with Gasteiger partial charge in [0.05, 0.1) is 38.7 Å². The van der Waals surface area contributed by atoms with Crippen LogP contribution in [-0.4, -0.2) is 75.7 Å². The molecule has 0 unspecified atom stereocenters. The first-order valence-electron chi connectivity index (χ1n) is 8.55. The lowest BCUT2D eigenvalue weighted by atomic mass is 10.2. The van der Waals surface area contributed by atoms with Gasteiger partial charge in [0.2, 0.25) is 0 Å². The van der Waals surface area contributed by atoms with Gasteiger partial charge < -0.3 is 34.4 Å². The van der Waals surface area contributed by atoms with Gasteiger partial charge in [-0.05, 0) is 12.1 Å². The molecule has 30 heavy (non-hydrogen) atoms. The first-order chi connectivity index (χ1) is 14.3. The van der Waals surface area contributed by atoms with Gasteiger partial charge in [-0.25, -0.2) is 14.4 Å². The summed E-state index contributed by atoms with van der Waals surface area (Å²) in [5.74, 6) is 0.950. The molecule has 2 N–H and O–H groups in total. The summed E-state index contributed by atoms with van der Waals surface area (Å²) < 4.78 is 19.2. The smallest absolute Gasteiger partial charge is 0.414 e. The number of fused-ring (bicyclic) bond motifs is 1. The average molecular weight is 445 g/mol. The van der Waals surface area contributed by atoms with Gasteiger partial charge in [0.1, 0.15) is 18.5 Å². The highest BCUT2D eigenvalue weighted by Gasteiger charge is 2.33. The average Bonchev–Trinajstić information content (AvgIpc) is 3.13. The second-order valence-corrected chi connectivity index (χ2v) is 6.26. The van der Waals surface area contributed by atoms with E-state index in [4.69, 9.17) is 14.7 Å². The number of carbonyl (C=O) groups excluding carboxylic acids is 3. The number of ether oxygens (including phenoxy) is 4. The molecular formula is C17H21ClN4O8. The lowest BCUT2D eigenvalue weighted by Crippen LogP contribution is -2.36. The van der Waals surface area contributed by atoms with Crippen LogP contribution in [-0.2, 0) is 14.2 Å². The van der Waals surface area contributed by atoms with Crippen LogP contribution in [0.3, 0.4) is 0 Å². The number of methoxy groups -OCH3 is 2. The molecule has 2 aliphatic heterocycles. The quantitative estimate of drug-likeness (QED) is 0.310. The maximum atomic E-state index is 12.1. The maximum absolute atomic E-state index is 12.1. The standard InChI is InChI=1S/C15H18N4O6.C2H3ClO2/c1-18-11-4-3-9(5-12(11)24-8-13(18)17-22)19-7-10(25-15(19)21)6-16-14(20)23-2;1-5-2(3)4/h3-5,10,22H,6-8H2,1-2H3,(H,16,20);1H3/t10-;/m0./s1. The zero-order valence-corrected chi connectivity index (χ0v) is 17.2. The zero-order valence-electron chi connectivity index (χ0n) is 16.5. The van der Waals surface area contributed by atoms with E-state index >= 15 is 0 Å². The number of nitrogens with zero attached hydrogens (tertiary/aromatic N) is 3. The third-order valence-corrected chi connectivity index (χ3v) is 4.32. The second-order valence-electron chi connectivity index (χ2n) is 5.95. The first-order valence-corrected chi connectivity index (χ1v) is 8.93. The highest BCUT2D eigenvalue weighted by atomic mass is 35.5. The minimum absolute atomic E-state index is 0.125. The molecule has 1 aromatic carbocycles. The van der Waals surface area contributed by atoms with Crippen LogP contribution in [0.4, 0.5) is 25.8 Å². The highest BCUT2D eigenvalue weighted by Crippen LogP contribution is 2.36. The van der Waals surface area contributed by atoms with Crippen LogP contribution in [0.1, 0.15) is 0 Å². The van der Waals surface area contributed by atoms with E-state index < -0.39 is 23.7 Å². The fraction of sp³-hybridized carbons (Fsp3) is 0.412. The molecule has 1 aromatic rings. The lowest BCUT2D eigenvalue weighted by molar-refractivity contribution is 0.132. The largest absolute Gasteiger partial charge is 0.483 e. The number of likely N-dealkylation sites (N-methyl/N-ethyl adjacent to an activating group) is 1. The van der Waals surface area contributed by atoms with Crippen molar-refractivity contribution in [2.45, 2.75) is 6.10 Å². The monoisotopic (exact) mass is 444 g/mol. The van der Waals surface area contributed by atoms with E-state index in [1.807, 2.05) is 0 Å². The molecule has 0 radical (unpaired) electrons. The minimum atomic E-state index is -0.773. The molecule has 13 heteroatoms. The van der Waals surface area contributed by atoms with Gasteiger partial charge >= 0.3 is 17.6 Å². The Hall–Kier alpha value is -3.41. The third kappa shape index (κ3) is 5.56. The Balaban J connectivity index is 0.000000575. The van der Waals surface area contributed by atoms with Crippen LogP contribution >= 0.6 is 11.6 Å². The Bertz CT molecular complexity index is 834. The van der Waals surface area contributed by atoms with Crippen molar-refractivity contribution in [2.75, 3.05) is 50.8 Å². The zero-order chi connectivity index (χ0) is 22.3. The Morgan fingerprint density at radius 1 is 1.37 bits per heavy atom. The van der Waals surface area contributed by atoms with E-state index in [2.05, 4.69) is 31.5 Å². The Kier molecular flexibility index (Phi) is 7.92. The number of carbonyl (C=O) groups is 3. The van der Waals surface area contributed by atoms with Crippen LogP contribution in [0.15, 0.2) is 23.4 Å². The molecular weight excluding hydrogens is 424 g/mol. The Morgan fingerprint density at radius 3 is 2.67 bits per heavy atom. The molecule has 2 heterocycles. The topological polar surface area (TPSA) is 139 Å². The number of halogens is 1. The maximum Gasteiger partial charge on any atom is 0.414 e. The molecule has 0 aliphatic carbocycles. The molecule has 12 nitrogen and oxygen atoms in total. The van der Waals surface area contributed by atoms with E-state index in [1.54, 1.807) is 30.1 Å². The number of hydrogen-bond acceptors (Lipinski definition) is 9. The van der Waals surface area contributed by atoms with Crippen molar-refractivity contribution in [1.29, 1.82) is 0 Å². The summed E-state index contributed by atoms with van der Waals surface area (Å²) in [6.45, 7) is 0.579. The Morgan fingerprint density at radius 2 is 2.07 bits per heavy atom. The lowest BCUT2D eigenvalue weighted by Gasteiger charge is -2.28. The summed E-state index contributed by atoms with van der Waals surface area (Å²) in [4.78, 5) is 35.7. The van der Waals surface area contributed by atoms with E-state index in [1.165, 1.54) is 19.1 Å². The molecule has 1 fully saturated rings. The predicted molar refractivity (Wildman–Crippen MR) is 106 cm³/mol. The molecule has 1 atom stereocenters. The van der Waals surface area contributed by atoms with Gasteiger partial charge in [-0.1, -0.05) is 5.16 Å². The summed E-state index contributed by atoms with van der Waals surface area (Å²) in [7, 11) is 4.24. The number of cyclic esters (lactones) is 1. The molecule has 164 valence electrons. The highest BCUT2D eigenvalue weighted by molar-refractivity contribution is 6.61. The van der Waals surface area contributed by atoms with Crippen molar-refractivity contribution in [3.05, 3.63) is 18.2 Å². The van der Waals surface area contributed by atoms with Crippen LogP contribution < -0.4 is 19.9 Å². The summed E-state index contributed by atoms with van der Waals surface area (Å²) in [5, 5.41) is 14.6. The number of benzene rings is 1. The van der Waals surface area contributed by atoms with E-state index in [0.717, 1.165) is 5.69 Å². The number of rotatable bonds is 3.